The highest BCUT2D eigenvalue weighted by molar-refractivity contribution is 5.94. The first-order chi connectivity index (χ1) is 12.2. The number of morpholine rings is 1. The number of hydrogen-bond donors (Lipinski definition) is 0. The number of carbonyl (C=O) groups is 2. The third kappa shape index (κ3) is 4.57. The Morgan fingerprint density at radius 2 is 2.08 bits per heavy atom. The largest absolute Gasteiger partial charge is 0.465 e. The molecule has 1 saturated carbocycles. The fourth-order valence-corrected chi connectivity index (χ4v) is 3.76. The van der Waals surface area contributed by atoms with Gasteiger partial charge in [0.15, 0.2) is 0 Å². The van der Waals surface area contributed by atoms with Crippen molar-refractivity contribution < 1.29 is 19.1 Å². The lowest BCUT2D eigenvalue weighted by Gasteiger charge is -2.35. The van der Waals surface area contributed by atoms with Crippen LogP contribution in [0.4, 0.5) is 0 Å². The minimum atomic E-state index is -0.453. The van der Waals surface area contributed by atoms with E-state index in [1.165, 1.54) is 45.4 Å². The Bertz CT molecular complexity index is 596. The molecule has 0 unspecified atom stereocenters. The predicted molar refractivity (Wildman–Crippen MR) is 92.4 cm³/mol. The van der Waals surface area contributed by atoms with Gasteiger partial charge in [0.1, 0.15) is 5.69 Å². The van der Waals surface area contributed by atoms with Crippen LogP contribution in [0.25, 0.3) is 0 Å². The summed E-state index contributed by atoms with van der Waals surface area (Å²) in [5.74, 6) is 0.171. The fraction of sp³-hybridized carbons (Fsp3) is 0.632. The van der Waals surface area contributed by atoms with Crippen LogP contribution in [0.3, 0.4) is 0 Å². The van der Waals surface area contributed by atoms with Gasteiger partial charge in [0, 0.05) is 19.3 Å². The predicted octanol–water partition coefficient (Wildman–Crippen LogP) is 2.68. The van der Waals surface area contributed by atoms with Crippen LogP contribution in [0.15, 0.2) is 18.3 Å². The smallest absolute Gasteiger partial charge is 0.339 e. The summed E-state index contributed by atoms with van der Waals surface area (Å²) < 4.78 is 10.5. The maximum Gasteiger partial charge on any atom is 0.339 e. The minimum Gasteiger partial charge on any atom is -0.465 e. The van der Waals surface area contributed by atoms with Crippen LogP contribution in [0, 0.1) is 5.92 Å². The molecule has 0 aromatic carbocycles. The van der Waals surface area contributed by atoms with E-state index in [1.54, 1.807) is 12.1 Å². The zero-order valence-corrected chi connectivity index (χ0v) is 14.8. The number of aromatic nitrogens is 1. The van der Waals surface area contributed by atoms with Gasteiger partial charge in [-0.05, 0) is 24.5 Å². The van der Waals surface area contributed by atoms with Crippen LogP contribution in [0.5, 0.6) is 0 Å². The van der Waals surface area contributed by atoms with Gasteiger partial charge in [-0.25, -0.2) is 4.79 Å². The number of rotatable bonds is 4. The Morgan fingerprint density at radius 3 is 2.76 bits per heavy atom. The number of hydrogen-bond acceptors (Lipinski definition) is 5. The first-order valence-electron chi connectivity index (χ1n) is 9.12. The molecule has 6 heteroatoms. The van der Waals surface area contributed by atoms with Crippen molar-refractivity contribution in [3.05, 3.63) is 29.6 Å². The number of esters is 1. The molecule has 0 N–H and O–H groups in total. The Morgan fingerprint density at radius 1 is 1.28 bits per heavy atom. The maximum absolute atomic E-state index is 12.7. The lowest BCUT2D eigenvalue weighted by atomic mass is 9.85. The van der Waals surface area contributed by atoms with Crippen LogP contribution >= 0.6 is 0 Å². The summed E-state index contributed by atoms with van der Waals surface area (Å²) >= 11 is 0. The fourth-order valence-electron chi connectivity index (χ4n) is 3.76. The molecule has 1 aromatic heterocycles. The number of methoxy groups -OCH3 is 1. The molecular formula is C19H26N2O4. The second kappa shape index (κ2) is 8.43. The van der Waals surface area contributed by atoms with Crippen molar-refractivity contribution in [2.24, 2.45) is 5.92 Å². The standard InChI is InChI=1S/C19H26N2O4/c1-24-19(23)15-7-8-17(20-12-15)18(22)21-9-10-25-16(13-21)11-14-5-3-2-4-6-14/h7-8,12,14,16H,2-6,9-11,13H2,1H3/t16-/m0/s1. The molecule has 136 valence electrons. The molecule has 25 heavy (non-hydrogen) atoms. The molecule has 2 heterocycles. The number of pyridine rings is 1. The highest BCUT2D eigenvalue weighted by atomic mass is 16.5. The highest BCUT2D eigenvalue weighted by Gasteiger charge is 2.28. The van der Waals surface area contributed by atoms with E-state index in [0.29, 0.717) is 31.0 Å². The summed E-state index contributed by atoms with van der Waals surface area (Å²) in [6.07, 6.45) is 9.09. The molecule has 0 spiro atoms. The lowest BCUT2D eigenvalue weighted by Crippen LogP contribution is -2.46. The van der Waals surface area contributed by atoms with Gasteiger partial charge in [-0.15, -0.1) is 0 Å². The maximum atomic E-state index is 12.7. The first-order valence-corrected chi connectivity index (χ1v) is 9.12. The van der Waals surface area contributed by atoms with E-state index in [9.17, 15) is 9.59 Å². The van der Waals surface area contributed by atoms with Crippen LogP contribution in [-0.4, -0.2) is 54.7 Å². The molecule has 2 fully saturated rings. The Hall–Kier alpha value is -1.95. The van der Waals surface area contributed by atoms with E-state index < -0.39 is 5.97 Å². The highest BCUT2D eigenvalue weighted by Crippen LogP contribution is 2.29. The average molecular weight is 346 g/mol. The minimum absolute atomic E-state index is 0.103. The number of carbonyl (C=O) groups excluding carboxylic acids is 2. The van der Waals surface area contributed by atoms with Gasteiger partial charge in [-0.2, -0.15) is 0 Å². The van der Waals surface area contributed by atoms with E-state index in [4.69, 9.17) is 4.74 Å². The molecule has 1 aliphatic heterocycles. The molecule has 0 bridgehead atoms. The third-order valence-corrected chi connectivity index (χ3v) is 5.15. The molecule has 1 aliphatic carbocycles. The van der Waals surface area contributed by atoms with E-state index in [-0.39, 0.29) is 12.0 Å². The summed E-state index contributed by atoms with van der Waals surface area (Å²) in [5.41, 5.74) is 0.696. The van der Waals surface area contributed by atoms with Gasteiger partial charge in [0.25, 0.3) is 5.91 Å². The van der Waals surface area contributed by atoms with Crippen molar-refractivity contribution in [1.82, 2.24) is 9.88 Å². The van der Waals surface area contributed by atoms with Gasteiger partial charge in [-0.3, -0.25) is 9.78 Å². The van der Waals surface area contributed by atoms with Crippen molar-refractivity contribution in [2.45, 2.75) is 44.6 Å². The average Bonchev–Trinajstić information content (AvgIpc) is 2.68. The van der Waals surface area contributed by atoms with Gasteiger partial charge < -0.3 is 14.4 Å². The number of nitrogens with zero attached hydrogens (tertiary/aromatic N) is 2. The van der Waals surface area contributed by atoms with Gasteiger partial charge in [-0.1, -0.05) is 32.1 Å². The monoisotopic (exact) mass is 346 g/mol. The molecule has 1 atom stereocenters. The molecule has 3 rings (SSSR count). The van der Waals surface area contributed by atoms with Crippen molar-refractivity contribution in [1.29, 1.82) is 0 Å². The van der Waals surface area contributed by atoms with Crippen molar-refractivity contribution >= 4 is 11.9 Å². The molecule has 2 aliphatic rings. The summed E-state index contributed by atoms with van der Waals surface area (Å²) in [5, 5.41) is 0. The molecule has 0 radical (unpaired) electrons. The van der Waals surface area contributed by atoms with Crippen LogP contribution < -0.4 is 0 Å². The summed E-state index contributed by atoms with van der Waals surface area (Å²) in [7, 11) is 1.32. The molecule has 1 amide bonds. The van der Waals surface area contributed by atoms with E-state index in [1.807, 2.05) is 4.90 Å². The van der Waals surface area contributed by atoms with Crippen LogP contribution in [-0.2, 0) is 9.47 Å². The van der Waals surface area contributed by atoms with Gasteiger partial charge in [0.2, 0.25) is 0 Å². The quantitative estimate of drug-likeness (QED) is 0.784. The first kappa shape index (κ1) is 17.9. The lowest BCUT2D eigenvalue weighted by molar-refractivity contribution is -0.0338. The second-order valence-corrected chi connectivity index (χ2v) is 6.91. The zero-order valence-electron chi connectivity index (χ0n) is 14.8. The second-order valence-electron chi connectivity index (χ2n) is 6.91. The summed E-state index contributed by atoms with van der Waals surface area (Å²) in [6.45, 7) is 1.78. The SMILES string of the molecule is COC(=O)c1ccc(C(=O)N2CCO[C@@H](CC3CCCCC3)C2)nc1. The summed E-state index contributed by atoms with van der Waals surface area (Å²) in [4.78, 5) is 30.1. The zero-order chi connectivity index (χ0) is 17.6. The van der Waals surface area contributed by atoms with Gasteiger partial charge >= 0.3 is 5.97 Å². The van der Waals surface area contributed by atoms with Crippen molar-refractivity contribution in [3.8, 4) is 0 Å². The van der Waals surface area contributed by atoms with E-state index in [0.717, 1.165) is 12.3 Å². The van der Waals surface area contributed by atoms with Crippen LogP contribution in [0.2, 0.25) is 0 Å². The van der Waals surface area contributed by atoms with E-state index in [2.05, 4.69) is 9.72 Å². The van der Waals surface area contributed by atoms with Crippen molar-refractivity contribution in [2.75, 3.05) is 26.8 Å². The summed E-state index contributed by atoms with van der Waals surface area (Å²) in [6, 6.07) is 3.16. The van der Waals surface area contributed by atoms with Crippen LogP contribution in [0.1, 0.15) is 59.4 Å². The Balaban J connectivity index is 1.58. The molecular weight excluding hydrogens is 320 g/mol. The van der Waals surface area contributed by atoms with E-state index >= 15 is 0 Å². The third-order valence-electron chi connectivity index (χ3n) is 5.15. The Labute approximate surface area is 148 Å². The topological polar surface area (TPSA) is 68.7 Å². The van der Waals surface area contributed by atoms with Gasteiger partial charge in [0.05, 0.1) is 25.4 Å². The molecule has 6 nitrogen and oxygen atoms in total. The number of amides is 1. The Kier molecular flexibility index (Phi) is 6.02. The molecule has 1 aromatic rings. The molecule has 1 saturated heterocycles. The normalized spacial score (nSPS) is 21.8. The van der Waals surface area contributed by atoms with Crippen molar-refractivity contribution in [3.63, 3.8) is 0 Å². The number of ether oxygens (including phenoxy) is 2.